The number of methoxy groups -OCH3 is 3. The number of ether oxygens (including phenoxy) is 5. The van der Waals surface area contributed by atoms with Crippen LogP contribution in [0.1, 0.15) is 5.56 Å². The molecule has 0 fully saturated rings. The first-order chi connectivity index (χ1) is 16.4. The zero-order chi connectivity index (χ0) is 24.7. The third-order valence-corrected chi connectivity index (χ3v) is 4.45. The van der Waals surface area contributed by atoms with Gasteiger partial charge in [0.2, 0.25) is 5.95 Å². The second kappa shape index (κ2) is 11.0. The molecule has 0 saturated carbocycles. The van der Waals surface area contributed by atoms with Crippen molar-refractivity contribution in [2.45, 2.75) is 6.61 Å². The van der Waals surface area contributed by atoms with Crippen molar-refractivity contribution in [3.05, 3.63) is 53.9 Å². The normalized spacial score (nSPS) is 10.4. The predicted molar refractivity (Wildman–Crippen MR) is 115 cm³/mol. The Kier molecular flexibility index (Phi) is 7.85. The van der Waals surface area contributed by atoms with Crippen molar-refractivity contribution in [3.8, 4) is 28.7 Å². The van der Waals surface area contributed by atoms with Gasteiger partial charge in [-0.05, 0) is 12.1 Å². The zero-order valence-electron chi connectivity index (χ0n) is 18.4. The van der Waals surface area contributed by atoms with Gasteiger partial charge in [-0.15, -0.1) is 0 Å². The topological polar surface area (TPSA) is 121 Å². The highest BCUT2D eigenvalue weighted by Gasteiger charge is 2.20. The molecule has 3 rings (SSSR count). The molecule has 0 saturated heterocycles. The third kappa shape index (κ3) is 5.71. The van der Waals surface area contributed by atoms with E-state index in [4.69, 9.17) is 28.8 Å². The summed E-state index contributed by atoms with van der Waals surface area (Å²) in [6, 6.07) is 5.84. The van der Waals surface area contributed by atoms with Crippen LogP contribution >= 0.6 is 0 Å². The van der Waals surface area contributed by atoms with Gasteiger partial charge in [0.05, 0.1) is 39.3 Å². The molecular formula is C22H21F2N3O7. The average Bonchev–Trinajstić information content (AvgIpc) is 2.84. The van der Waals surface area contributed by atoms with E-state index in [1.165, 1.54) is 39.8 Å². The molecule has 10 nitrogen and oxygen atoms in total. The van der Waals surface area contributed by atoms with Crippen LogP contribution in [0.4, 0.5) is 20.4 Å². The summed E-state index contributed by atoms with van der Waals surface area (Å²) in [6.07, 6.45) is 2.65. The fourth-order valence-electron chi connectivity index (χ4n) is 2.81. The van der Waals surface area contributed by atoms with E-state index in [1.54, 1.807) is 12.1 Å². The zero-order valence-corrected chi connectivity index (χ0v) is 18.4. The molecule has 1 aromatic heterocycles. The molecule has 0 radical (unpaired) electrons. The number of carbonyl (C=O) groups is 1. The van der Waals surface area contributed by atoms with Crippen molar-refractivity contribution in [1.82, 2.24) is 9.97 Å². The van der Waals surface area contributed by atoms with Crippen LogP contribution in [0.15, 0.2) is 36.7 Å². The van der Waals surface area contributed by atoms with Gasteiger partial charge in [-0.3, -0.25) is 0 Å². The van der Waals surface area contributed by atoms with Crippen LogP contribution < -0.4 is 29.0 Å². The van der Waals surface area contributed by atoms with Crippen LogP contribution in [0, 0.1) is 11.6 Å². The van der Waals surface area contributed by atoms with Crippen molar-refractivity contribution < 1.29 is 42.4 Å². The van der Waals surface area contributed by atoms with E-state index in [0.29, 0.717) is 11.4 Å². The van der Waals surface area contributed by atoms with E-state index in [1.807, 2.05) is 0 Å². The van der Waals surface area contributed by atoms with E-state index >= 15 is 0 Å². The van der Waals surface area contributed by atoms with Gasteiger partial charge in [0.1, 0.15) is 6.61 Å². The summed E-state index contributed by atoms with van der Waals surface area (Å²) >= 11 is 0. The van der Waals surface area contributed by atoms with E-state index in [2.05, 4.69) is 15.3 Å². The number of hydrogen-bond donors (Lipinski definition) is 2. The number of anilines is 2. The number of nitrogens with one attached hydrogen (secondary N) is 1. The number of hydrogen-bond acceptors (Lipinski definition) is 9. The van der Waals surface area contributed by atoms with Gasteiger partial charge in [0.15, 0.2) is 47.0 Å². The molecule has 0 spiro atoms. The number of nitrogens with zero attached hydrogens (tertiary/aromatic N) is 2. The Bertz CT molecular complexity index is 1130. The largest absolute Gasteiger partial charge is 0.494 e. The van der Waals surface area contributed by atoms with Gasteiger partial charge in [-0.25, -0.2) is 23.5 Å². The minimum absolute atomic E-state index is 0.168. The van der Waals surface area contributed by atoms with Crippen LogP contribution in [0.5, 0.6) is 28.7 Å². The standard InChI is InChI=1S/C22H21F2N3O7/c1-30-16-6-12(4-5-15(16)34-11-19(28)29)27-22-25-8-13(9-26-22)33-10-14-20(23)17(31-2)7-18(32-3)21(14)24/h4-9H,10-11H2,1-3H3,(H,28,29)(H,25,26,27). The van der Waals surface area contributed by atoms with Crippen LogP contribution in [0.25, 0.3) is 0 Å². The number of carboxylic acid groups (broad SMARTS) is 1. The summed E-state index contributed by atoms with van der Waals surface area (Å²) in [5.74, 6) is -2.33. The summed E-state index contributed by atoms with van der Waals surface area (Å²) in [6.45, 7) is -0.958. The SMILES string of the molecule is COc1cc(Nc2ncc(OCc3c(F)c(OC)cc(OC)c3F)cn2)ccc1OCC(=O)O. The molecule has 0 unspecified atom stereocenters. The van der Waals surface area contributed by atoms with E-state index in [-0.39, 0.29) is 34.5 Å². The number of aliphatic carboxylic acids is 1. The average molecular weight is 477 g/mol. The van der Waals surface area contributed by atoms with Crippen molar-refractivity contribution in [2.24, 2.45) is 0 Å². The maximum atomic E-state index is 14.4. The molecule has 12 heteroatoms. The van der Waals surface area contributed by atoms with E-state index in [9.17, 15) is 13.6 Å². The van der Waals surface area contributed by atoms with E-state index in [0.717, 1.165) is 6.07 Å². The smallest absolute Gasteiger partial charge is 0.341 e. The molecule has 180 valence electrons. The number of rotatable bonds is 11. The monoisotopic (exact) mass is 477 g/mol. The minimum atomic E-state index is -1.11. The second-order valence-electron chi connectivity index (χ2n) is 6.59. The molecule has 0 atom stereocenters. The molecule has 0 aliphatic carbocycles. The Hall–Kier alpha value is -4.35. The van der Waals surface area contributed by atoms with E-state index < -0.39 is 30.8 Å². The van der Waals surface area contributed by atoms with Crippen LogP contribution in [-0.2, 0) is 11.4 Å². The molecule has 2 N–H and O–H groups in total. The van der Waals surface area contributed by atoms with Gasteiger partial charge >= 0.3 is 5.97 Å². The first kappa shape index (κ1) is 24.3. The van der Waals surface area contributed by atoms with Crippen LogP contribution in [0.3, 0.4) is 0 Å². The summed E-state index contributed by atoms with van der Waals surface area (Å²) in [5, 5.41) is 11.7. The number of carboxylic acids is 1. The quantitative estimate of drug-likeness (QED) is 0.424. The number of benzene rings is 2. The molecule has 0 aliphatic heterocycles. The molecule has 34 heavy (non-hydrogen) atoms. The highest BCUT2D eigenvalue weighted by Crippen LogP contribution is 2.33. The fourth-order valence-corrected chi connectivity index (χ4v) is 2.81. The number of aromatic nitrogens is 2. The number of halogens is 2. The Morgan fingerprint density at radius 1 is 0.912 bits per heavy atom. The second-order valence-corrected chi connectivity index (χ2v) is 6.59. The molecule has 1 heterocycles. The summed E-state index contributed by atoms with van der Waals surface area (Å²) in [5.41, 5.74) is 0.177. The molecule has 0 bridgehead atoms. The lowest BCUT2D eigenvalue weighted by atomic mass is 10.1. The van der Waals surface area contributed by atoms with Crippen molar-refractivity contribution >= 4 is 17.6 Å². The lowest BCUT2D eigenvalue weighted by Gasteiger charge is -2.13. The lowest BCUT2D eigenvalue weighted by molar-refractivity contribution is -0.139. The van der Waals surface area contributed by atoms with Crippen molar-refractivity contribution in [1.29, 1.82) is 0 Å². The minimum Gasteiger partial charge on any atom is -0.494 e. The fraction of sp³-hybridized carbons (Fsp3) is 0.227. The van der Waals surface area contributed by atoms with Crippen molar-refractivity contribution in [2.75, 3.05) is 33.3 Å². The maximum absolute atomic E-state index is 14.4. The van der Waals surface area contributed by atoms with Crippen molar-refractivity contribution in [3.63, 3.8) is 0 Å². The molecular weight excluding hydrogens is 456 g/mol. The highest BCUT2D eigenvalue weighted by molar-refractivity contribution is 5.69. The molecule has 0 amide bonds. The summed E-state index contributed by atoms with van der Waals surface area (Å²) < 4.78 is 54.5. The van der Waals surface area contributed by atoms with Gasteiger partial charge in [-0.1, -0.05) is 0 Å². The third-order valence-electron chi connectivity index (χ3n) is 4.45. The summed E-state index contributed by atoms with van der Waals surface area (Å²) in [7, 11) is 3.93. The Balaban J connectivity index is 1.68. The molecule has 3 aromatic rings. The lowest BCUT2D eigenvalue weighted by Crippen LogP contribution is -2.10. The van der Waals surface area contributed by atoms with Crippen LogP contribution in [0.2, 0.25) is 0 Å². The summed E-state index contributed by atoms with van der Waals surface area (Å²) in [4.78, 5) is 18.9. The Labute approximate surface area is 193 Å². The van der Waals surface area contributed by atoms with Gasteiger partial charge in [-0.2, -0.15) is 0 Å². The van der Waals surface area contributed by atoms with Crippen LogP contribution in [-0.4, -0.2) is 49.0 Å². The van der Waals surface area contributed by atoms with Gasteiger partial charge in [0, 0.05) is 17.8 Å². The first-order valence-electron chi connectivity index (χ1n) is 9.69. The Morgan fingerprint density at radius 2 is 1.53 bits per heavy atom. The van der Waals surface area contributed by atoms with Gasteiger partial charge in [0.25, 0.3) is 0 Å². The first-order valence-corrected chi connectivity index (χ1v) is 9.69. The maximum Gasteiger partial charge on any atom is 0.341 e. The van der Waals surface area contributed by atoms with Gasteiger partial charge < -0.3 is 34.1 Å². The predicted octanol–water partition coefficient (Wildman–Crippen LogP) is 3.57. The molecule has 0 aliphatic rings. The Morgan fingerprint density at radius 3 is 2.09 bits per heavy atom. The molecule has 2 aromatic carbocycles. The highest BCUT2D eigenvalue weighted by atomic mass is 19.1.